The molecule has 37 heavy (non-hydrogen) atoms. The Hall–Kier alpha value is -3.52. The van der Waals surface area contributed by atoms with E-state index in [0.29, 0.717) is 28.0 Å². The van der Waals surface area contributed by atoms with Gasteiger partial charge in [-0.15, -0.1) is 37.2 Å². The lowest BCUT2D eigenvalue weighted by atomic mass is 10.1. The zero-order chi connectivity index (χ0) is 23.5. The Bertz CT molecular complexity index is 1350. The number of fused-ring (bicyclic) bond motifs is 1. The molecule has 2 N–H and O–H groups in total. The number of aromatic carboxylic acids is 1. The molecule has 10 heteroatoms. The van der Waals surface area contributed by atoms with E-state index in [9.17, 15) is 14.7 Å². The SMILES string of the molecule is Cl.Cl.Cl.O=C(Nc1ccc2nc(N3CCN(c4ccccc4)CC3)cc(C(=O)O)c2c1)c1ccccc1. The van der Waals surface area contributed by atoms with Gasteiger partial charge in [0, 0.05) is 48.5 Å². The van der Waals surface area contributed by atoms with E-state index in [-0.39, 0.29) is 48.7 Å². The Morgan fingerprint density at radius 3 is 1.97 bits per heavy atom. The number of para-hydroxylation sites is 1. The second-order valence-electron chi connectivity index (χ2n) is 8.19. The van der Waals surface area contributed by atoms with E-state index in [1.54, 1.807) is 48.5 Å². The Morgan fingerprint density at radius 1 is 0.757 bits per heavy atom. The second-order valence-corrected chi connectivity index (χ2v) is 8.19. The predicted octanol–water partition coefficient (Wildman–Crippen LogP) is 5.78. The molecule has 7 nitrogen and oxygen atoms in total. The molecule has 194 valence electrons. The standard InChI is InChI=1S/C27H24N4O3.3ClH/c32-26(19-7-3-1-4-8-19)28-20-11-12-24-22(17-20)23(27(33)34)18-25(29-24)31-15-13-30(14-16-31)21-9-5-2-6-10-21;;;/h1-12,17-18H,13-16H2,(H,28,32)(H,33,34);3*1H. The second kappa shape index (κ2) is 13.1. The van der Waals surface area contributed by atoms with Gasteiger partial charge in [0.1, 0.15) is 5.82 Å². The minimum atomic E-state index is -1.02. The van der Waals surface area contributed by atoms with Crippen LogP contribution in [0.2, 0.25) is 0 Å². The molecule has 0 aliphatic carbocycles. The van der Waals surface area contributed by atoms with Crippen molar-refractivity contribution in [3.63, 3.8) is 0 Å². The average Bonchev–Trinajstić information content (AvgIpc) is 2.89. The van der Waals surface area contributed by atoms with Crippen LogP contribution in [-0.4, -0.2) is 48.1 Å². The normalized spacial score (nSPS) is 12.5. The number of rotatable bonds is 5. The number of aromatic nitrogens is 1. The van der Waals surface area contributed by atoms with Gasteiger partial charge in [0.25, 0.3) is 5.91 Å². The zero-order valence-corrected chi connectivity index (χ0v) is 22.2. The van der Waals surface area contributed by atoms with Crippen molar-refractivity contribution in [2.24, 2.45) is 0 Å². The fourth-order valence-electron chi connectivity index (χ4n) is 4.25. The van der Waals surface area contributed by atoms with Gasteiger partial charge in [0.2, 0.25) is 0 Å². The molecule has 1 saturated heterocycles. The summed E-state index contributed by atoms with van der Waals surface area (Å²) >= 11 is 0. The molecule has 1 aromatic heterocycles. The lowest BCUT2D eigenvalue weighted by Gasteiger charge is -2.37. The molecule has 0 saturated carbocycles. The predicted molar refractivity (Wildman–Crippen MR) is 156 cm³/mol. The highest BCUT2D eigenvalue weighted by molar-refractivity contribution is 6.08. The first-order valence-corrected chi connectivity index (χ1v) is 11.2. The van der Waals surface area contributed by atoms with Crippen molar-refractivity contribution in [1.82, 2.24) is 4.98 Å². The number of carbonyl (C=O) groups is 2. The molecule has 5 rings (SSSR count). The van der Waals surface area contributed by atoms with Crippen molar-refractivity contribution in [2.75, 3.05) is 41.3 Å². The maximum absolute atomic E-state index is 12.5. The monoisotopic (exact) mass is 560 g/mol. The highest BCUT2D eigenvalue weighted by Crippen LogP contribution is 2.27. The average molecular weight is 562 g/mol. The maximum atomic E-state index is 12.5. The molecular formula is C27H27Cl3N4O3. The van der Waals surface area contributed by atoms with Crippen LogP contribution in [0.15, 0.2) is 84.9 Å². The maximum Gasteiger partial charge on any atom is 0.336 e. The van der Waals surface area contributed by atoms with E-state index < -0.39 is 5.97 Å². The molecule has 0 atom stereocenters. The van der Waals surface area contributed by atoms with Crippen LogP contribution in [-0.2, 0) is 0 Å². The van der Waals surface area contributed by atoms with E-state index in [2.05, 4.69) is 27.2 Å². The van der Waals surface area contributed by atoms with Crippen LogP contribution in [0.1, 0.15) is 20.7 Å². The molecule has 0 bridgehead atoms. The van der Waals surface area contributed by atoms with E-state index in [4.69, 9.17) is 4.98 Å². The summed E-state index contributed by atoms with van der Waals surface area (Å²) < 4.78 is 0. The van der Waals surface area contributed by atoms with E-state index >= 15 is 0 Å². The number of carboxylic acid groups (broad SMARTS) is 1. The summed E-state index contributed by atoms with van der Waals surface area (Å²) in [5.41, 5.74) is 2.99. The van der Waals surface area contributed by atoms with Gasteiger partial charge in [0.15, 0.2) is 0 Å². The summed E-state index contributed by atoms with van der Waals surface area (Å²) in [5, 5.41) is 13.2. The Kier molecular flexibility index (Phi) is 10.6. The molecular weight excluding hydrogens is 535 g/mol. The molecule has 1 fully saturated rings. The first-order chi connectivity index (χ1) is 16.6. The Morgan fingerprint density at radius 2 is 1.35 bits per heavy atom. The summed E-state index contributed by atoms with van der Waals surface area (Å²) in [6, 6.07) is 26.0. The number of piperazine rings is 1. The highest BCUT2D eigenvalue weighted by atomic mass is 35.5. The topological polar surface area (TPSA) is 85.8 Å². The number of carboxylic acids is 1. The molecule has 0 radical (unpaired) electrons. The van der Waals surface area contributed by atoms with Crippen molar-refractivity contribution in [3.05, 3.63) is 96.1 Å². The highest BCUT2D eigenvalue weighted by Gasteiger charge is 2.21. The molecule has 1 aliphatic heterocycles. The molecule has 2 heterocycles. The zero-order valence-electron chi connectivity index (χ0n) is 19.7. The summed E-state index contributed by atoms with van der Waals surface area (Å²) in [6.45, 7) is 3.16. The Labute approximate surface area is 233 Å². The van der Waals surface area contributed by atoms with Crippen LogP contribution in [0.3, 0.4) is 0 Å². The van der Waals surface area contributed by atoms with Crippen molar-refractivity contribution >= 4 is 77.2 Å². The lowest BCUT2D eigenvalue weighted by molar-refractivity contribution is 0.0698. The quantitative estimate of drug-likeness (QED) is 0.321. The number of hydrogen-bond donors (Lipinski definition) is 2. The third kappa shape index (κ3) is 6.63. The minimum Gasteiger partial charge on any atom is -0.478 e. The lowest BCUT2D eigenvalue weighted by Crippen LogP contribution is -2.46. The van der Waals surface area contributed by atoms with Gasteiger partial charge in [-0.2, -0.15) is 0 Å². The number of anilines is 3. The van der Waals surface area contributed by atoms with Crippen LogP contribution in [0, 0.1) is 0 Å². The van der Waals surface area contributed by atoms with Gasteiger partial charge in [-0.25, -0.2) is 9.78 Å². The third-order valence-electron chi connectivity index (χ3n) is 6.04. The van der Waals surface area contributed by atoms with Crippen LogP contribution >= 0.6 is 37.2 Å². The first-order valence-electron chi connectivity index (χ1n) is 11.2. The number of nitrogens with zero attached hydrogens (tertiary/aromatic N) is 3. The summed E-state index contributed by atoms with van der Waals surface area (Å²) in [5.74, 6) is -0.625. The molecule has 0 spiro atoms. The molecule has 1 aliphatic rings. The van der Waals surface area contributed by atoms with Gasteiger partial charge in [0.05, 0.1) is 11.1 Å². The van der Waals surface area contributed by atoms with Gasteiger partial charge < -0.3 is 20.2 Å². The van der Waals surface area contributed by atoms with E-state index in [0.717, 1.165) is 26.2 Å². The van der Waals surface area contributed by atoms with E-state index in [1.165, 1.54) is 5.69 Å². The van der Waals surface area contributed by atoms with Crippen LogP contribution in [0.5, 0.6) is 0 Å². The molecule has 0 unspecified atom stereocenters. The van der Waals surface area contributed by atoms with Crippen molar-refractivity contribution in [1.29, 1.82) is 0 Å². The fourth-order valence-corrected chi connectivity index (χ4v) is 4.25. The van der Waals surface area contributed by atoms with Crippen LogP contribution in [0.25, 0.3) is 10.9 Å². The van der Waals surface area contributed by atoms with Crippen LogP contribution < -0.4 is 15.1 Å². The number of halogens is 3. The number of hydrogen-bond acceptors (Lipinski definition) is 5. The van der Waals surface area contributed by atoms with Crippen molar-refractivity contribution < 1.29 is 14.7 Å². The smallest absolute Gasteiger partial charge is 0.336 e. The number of carbonyl (C=O) groups excluding carboxylic acids is 1. The van der Waals surface area contributed by atoms with Gasteiger partial charge >= 0.3 is 5.97 Å². The fraction of sp³-hybridized carbons (Fsp3) is 0.148. The number of nitrogens with one attached hydrogen (secondary N) is 1. The number of pyridine rings is 1. The molecule has 1 amide bonds. The largest absolute Gasteiger partial charge is 0.478 e. The number of amides is 1. The van der Waals surface area contributed by atoms with E-state index in [1.807, 2.05) is 24.3 Å². The molecule has 3 aromatic carbocycles. The summed E-state index contributed by atoms with van der Waals surface area (Å²) in [4.78, 5) is 33.8. The third-order valence-corrected chi connectivity index (χ3v) is 6.04. The first kappa shape index (κ1) is 29.7. The van der Waals surface area contributed by atoms with Crippen LogP contribution in [0.4, 0.5) is 17.2 Å². The van der Waals surface area contributed by atoms with Crippen molar-refractivity contribution in [2.45, 2.75) is 0 Å². The minimum absolute atomic E-state index is 0. The molecule has 4 aromatic rings. The summed E-state index contributed by atoms with van der Waals surface area (Å²) in [7, 11) is 0. The number of benzene rings is 3. The van der Waals surface area contributed by atoms with Gasteiger partial charge in [-0.1, -0.05) is 36.4 Å². The Balaban J connectivity index is 0.00000160. The summed E-state index contributed by atoms with van der Waals surface area (Å²) in [6.07, 6.45) is 0. The van der Waals surface area contributed by atoms with Gasteiger partial charge in [-0.3, -0.25) is 4.79 Å². The van der Waals surface area contributed by atoms with Gasteiger partial charge in [-0.05, 0) is 48.5 Å². The van der Waals surface area contributed by atoms with Crippen molar-refractivity contribution in [3.8, 4) is 0 Å².